The van der Waals surface area contributed by atoms with Gasteiger partial charge in [-0.05, 0) is 24.1 Å². The number of aryl methyl sites for hydroxylation is 1. The molecule has 0 fully saturated rings. The molecule has 2 N–H and O–H groups in total. The molecule has 0 radical (unpaired) electrons. The molecule has 1 aromatic heterocycles. The van der Waals surface area contributed by atoms with Crippen LogP contribution in [0, 0.1) is 0 Å². The van der Waals surface area contributed by atoms with Gasteiger partial charge in [-0.15, -0.1) is 0 Å². The van der Waals surface area contributed by atoms with Gasteiger partial charge in [-0.2, -0.15) is 0 Å². The number of nitrogens with two attached hydrogens (primary N) is 1. The molecule has 0 spiro atoms. The third-order valence-electron chi connectivity index (χ3n) is 4.24. The van der Waals surface area contributed by atoms with E-state index in [9.17, 15) is 9.59 Å². The van der Waals surface area contributed by atoms with Gasteiger partial charge in [0.05, 0.1) is 19.2 Å². The summed E-state index contributed by atoms with van der Waals surface area (Å²) in [6, 6.07) is 9.14. The van der Waals surface area contributed by atoms with Crippen molar-refractivity contribution in [3.8, 4) is 11.6 Å². The lowest BCUT2D eigenvalue weighted by atomic mass is 10.0. The second kappa shape index (κ2) is 7.86. The zero-order valence-electron chi connectivity index (χ0n) is 14.6. The van der Waals surface area contributed by atoms with Gasteiger partial charge in [0.15, 0.2) is 0 Å². The maximum absolute atomic E-state index is 12.8. The van der Waals surface area contributed by atoms with Crippen LogP contribution in [0.15, 0.2) is 36.5 Å². The molecule has 7 heteroatoms. The minimum atomic E-state index is -0.333. The van der Waals surface area contributed by atoms with E-state index in [1.54, 1.807) is 17.0 Å². The third kappa shape index (κ3) is 4.11. The summed E-state index contributed by atoms with van der Waals surface area (Å²) in [7, 11) is 1.53. The Hall–Kier alpha value is -3.09. The zero-order valence-corrected chi connectivity index (χ0v) is 14.6. The number of primary amides is 1. The number of benzene rings is 1. The van der Waals surface area contributed by atoms with Crippen molar-refractivity contribution < 1.29 is 19.1 Å². The van der Waals surface area contributed by atoms with Crippen LogP contribution in [-0.4, -0.2) is 42.0 Å². The van der Waals surface area contributed by atoms with Gasteiger partial charge < -0.3 is 20.1 Å². The highest BCUT2D eigenvalue weighted by molar-refractivity contribution is 5.94. The van der Waals surface area contributed by atoms with Gasteiger partial charge in [0.1, 0.15) is 12.4 Å². The molecule has 2 aromatic rings. The van der Waals surface area contributed by atoms with E-state index in [0.717, 1.165) is 16.9 Å². The first-order valence-corrected chi connectivity index (χ1v) is 8.39. The maximum Gasteiger partial charge on any atom is 0.255 e. The van der Waals surface area contributed by atoms with E-state index in [4.69, 9.17) is 15.2 Å². The molecule has 7 nitrogen and oxygen atoms in total. The van der Waals surface area contributed by atoms with E-state index < -0.39 is 0 Å². The number of nitrogens with zero attached hydrogens (tertiary/aromatic N) is 2. The number of aromatic nitrogens is 1. The molecule has 0 saturated heterocycles. The van der Waals surface area contributed by atoms with Crippen molar-refractivity contribution in [3.05, 3.63) is 53.2 Å². The van der Waals surface area contributed by atoms with Crippen LogP contribution in [0.4, 0.5) is 0 Å². The summed E-state index contributed by atoms with van der Waals surface area (Å²) in [4.78, 5) is 29.6. The van der Waals surface area contributed by atoms with Gasteiger partial charge in [0.25, 0.3) is 5.91 Å². The summed E-state index contributed by atoms with van der Waals surface area (Å²) in [6.45, 7) is 1.34. The van der Waals surface area contributed by atoms with Gasteiger partial charge in [0.2, 0.25) is 11.8 Å². The predicted molar refractivity (Wildman–Crippen MR) is 95.0 cm³/mol. The Morgan fingerprint density at radius 1 is 1.31 bits per heavy atom. The SMILES string of the molecule is COc1ccc(C(=O)N2CCOc3ccc(CCC(N)=O)cc3C2)cn1. The van der Waals surface area contributed by atoms with E-state index in [1.165, 1.54) is 13.3 Å². The van der Waals surface area contributed by atoms with Crippen LogP contribution in [0.25, 0.3) is 0 Å². The number of hydrogen-bond acceptors (Lipinski definition) is 5. The smallest absolute Gasteiger partial charge is 0.255 e. The number of hydrogen-bond donors (Lipinski definition) is 1. The van der Waals surface area contributed by atoms with Crippen LogP contribution < -0.4 is 15.2 Å². The second-order valence-corrected chi connectivity index (χ2v) is 6.07. The molecule has 0 saturated carbocycles. The highest BCUT2D eigenvalue weighted by Crippen LogP contribution is 2.26. The van der Waals surface area contributed by atoms with Gasteiger partial charge in [-0.3, -0.25) is 9.59 Å². The fourth-order valence-electron chi connectivity index (χ4n) is 2.85. The van der Waals surface area contributed by atoms with Crippen molar-refractivity contribution in [1.82, 2.24) is 9.88 Å². The summed E-state index contributed by atoms with van der Waals surface area (Å²) in [5.41, 5.74) is 7.63. The Kier molecular flexibility index (Phi) is 5.36. The number of fused-ring (bicyclic) bond motifs is 1. The molecule has 0 atom stereocenters. The number of carbonyl (C=O) groups is 2. The average molecular weight is 355 g/mol. The summed E-state index contributed by atoms with van der Waals surface area (Å²) >= 11 is 0. The highest BCUT2D eigenvalue weighted by Gasteiger charge is 2.21. The molecular weight excluding hydrogens is 334 g/mol. The molecule has 1 aliphatic heterocycles. The Bertz CT molecular complexity index is 805. The summed E-state index contributed by atoms with van der Waals surface area (Å²) in [5, 5.41) is 0. The van der Waals surface area contributed by atoms with Crippen LogP contribution in [0.1, 0.15) is 27.9 Å². The van der Waals surface area contributed by atoms with E-state index >= 15 is 0 Å². The van der Waals surface area contributed by atoms with Crippen LogP contribution in [0.3, 0.4) is 0 Å². The first-order chi connectivity index (χ1) is 12.6. The lowest BCUT2D eigenvalue weighted by molar-refractivity contribution is -0.117. The number of carbonyl (C=O) groups excluding carboxylic acids is 2. The van der Waals surface area contributed by atoms with Crippen LogP contribution in [0.5, 0.6) is 11.6 Å². The molecule has 0 aliphatic carbocycles. The first-order valence-electron chi connectivity index (χ1n) is 8.39. The molecule has 0 unspecified atom stereocenters. The van der Waals surface area contributed by atoms with E-state index in [2.05, 4.69) is 4.98 Å². The Labute approximate surface area is 151 Å². The molecule has 1 aromatic carbocycles. The minimum absolute atomic E-state index is 0.112. The maximum atomic E-state index is 12.8. The highest BCUT2D eigenvalue weighted by atomic mass is 16.5. The fraction of sp³-hybridized carbons (Fsp3) is 0.316. The molecule has 0 bridgehead atoms. The van der Waals surface area contributed by atoms with Crippen molar-refractivity contribution in [2.75, 3.05) is 20.3 Å². The lowest BCUT2D eigenvalue weighted by Crippen LogP contribution is -2.32. The molecular formula is C19H21N3O4. The van der Waals surface area contributed by atoms with Crippen LogP contribution in [-0.2, 0) is 17.8 Å². The normalized spacial score (nSPS) is 13.3. The van der Waals surface area contributed by atoms with E-state index in [0.29, 0.717) is 44.0 Å². The number of ether oxygens (including phenoxy) is 2. The standard InChI is InChI=1S/C19H21N3O4/c1-25-18-7-4-14(11-21-18)19(24)22-8-9-26-16-5-2-13(3-6-17(20)23)10-15(16)12-22/h2,4-5,7,10-11H,3,6,8-9,12H2,1H3,(H2,20,23). The Balaban J connectivity index is 1.77. The Morgan fingerprint density at radius 2 is 2.15 bits per heavy atom. The number of amides is 2. The number of pyridine rings is 1. The molecule has 2 amide bonds. The summed E-state index contributed by atoms with van der Waals surface area (Å²) < 4.78 is 10.8. The monoisotopic (exact) mass is 355 g/mol. The largest absolute Gasteiger partial charge is 0.491 e. The van der Waals surface area contributed by atoms with Gasteiger partial charge in [-0.1, -0.05) is 12.1 Å². The second-order valence-electron chi connectivity index (χ2n) is 6.07. The fourth-order valence-corrected chi connectivity index (χ4v) is 2.85. The van der Waals surface area contributed by atoms with E-state index in [1.807, 2.05) is 18.2 Å². The average Bonchev–Trinajstić information content (AvgIpc) is 2.87. The first kappa shape index (κ1) is 17.7. The molecule has 26 heavy (non-hydrogen) atoms. The van der Waals surface area contributed by atoms with Gasteiger partial charge in [0, 0.05) is 30.8 Å². The molecule has 136 valence electrons. The minimum Gasteiger partial charge on any atom is -0.491 e. The van der Waals surface area contributed by atoms with Crippen molar-refractivity contribution in [3.63, 3.8) is 0 Å². The van der Waals surface area contributed by atoms with Crippen molar-refractivity contribution in [1.29, 1.82) is 0 Å². The van der Waals surface area contributed by atoms with Crippen molar-refractivity contribution in [2.24, 2.45) is 5.73 Å². The van der Waals surface area contributed by atoms with Crippen LogP contribution in [0.2, 0.25) is 0 Å². The quantitative estimate of drug-likeness (QED) is 0.878. The number of rotatable bonds is 5. The summed E-state index contributed by atoms with van der Waals surface area (Å²) in [5.74, 6) is 0.778. The molecule has 1 aliphatic rings. The van der Waals surface area contributed by atoms with Crippen molar-refractivity contribution >= 4 is 11.8 Å². The lowest BCUT2D eigenvalue weighted by Gasteiger charge is -2.20. The predicted octanol–water partition coefficient (Wildman–Crippen LogP) is 1.54. The Morgan fingerprint density at radius 3 is 2.85 bits per heavy atom. The molecule has 3 rings (SSSR count). The van der Waals surface area contributed by atoms with E-state index in [-0.39, 0.29) is 11.8 Å². The zero-order chi connectivity index (χ0) is 18.5. The van der Waals surface area contributed by atoms with Crippen molar-refractivity contribution in [2.45, 2.75) is 19.4 Å². The topological polar surface area (TPSA) is 94.7 Å². The summed E-state index contributed by atoms with van der Waals surface area (Å²) in [6.07, 6.45) is 2.37. The third-order valence-corrected chi connectivity index (χ3v) is 4.24. The number of methoxy groups -OCH3 is 1. The van der Waals surface area contributed by atoms with Crippen LogP contribution >= 0.6 is 0 Å². The molecule has 2 heterocycles. The van der Waals surface area contributed by atoms with Gasteiger partial charge >= 0.3 is 0 Å². The van der Waals surface area contributed by atoms with Gasteiger partial charge in [-0.25, -0.2) is 4.98 Å².